The van der Waals surface area contributed by atoms with Crippen LogP contribution in [0.2, 0.25) is 0 Å². The summed E-state index contributed by atoms with van der Waals surface area (Å²) >= 11 is 0. The highest BCUT2D eigenvalue weighted by molar-refractivity contribution is 7.90. The van der Waals surface area contributed by atoms with Crippen molar-refractivity contribution in [2.45, 2.75) is 48.6 Å². The third kappa shape index (κ3) is 5.57. The summed E-state index contributed by atoms with van der Waals surface area (Å²) in [5.41, 5.74) is 1.73. The number of nitrogens with zero attached hydrogens (tertiary/aromatic N) is 1. The summed E-state index contributed by atoms with van der Waals surface area (Å²) in [5, 5.41) is 0. The van der Waals surface area contributed by atoms with E-state index < -0.39 is 50.7 Å². The van der Waals surface area contributed by atoms with Crippen molar-refractivity contribution in [3.63, 3.8) is 0 Å². The van der Waals surface area contributed by atoms with Crippen molar-refractivity contribution in [1.29, 1.82) is 0 Å². The molecule has 0 radical (unpaired) electrons. The van der Waals surface area contributed by atoms with E-state index in [9.17, 15) is 26.4 Å². The van der Waals surface area contributed by atoms with Crippen LogP contribution in [0.3, 0.4) is 0 Å². The van der Waals surface area contributed by atoms with Gasteiger partial charge in [0.2, 0.25) is 10.0 Å². The first-order valence-corrected chi connectivity index (χ1v) is 13.3. The molecule has 2 atom stereocenters. The van der Waals surface area contributed by atoms with Gasteiger partial charge in [-0.25, -0.2) is 26.4 Å². The second kappa shape index (κ2) is 10.1. The van der Waals surface area contributed by atoms with Gasteiger partial charge >= 0.3 is 12.1 Å². The highest BCUT2D eigenvalue weighted by Crippen LogP contribution is 2.31. The Morgan fingerprint density at radius 3 is 2.03 bits per heavy atom. The molecule has 2 aromatic carbocycles. The lowest BCUT2D eigenvalue weighted by Crippen LogP contribution is -2.43. The zero-order chi connectivity index (χ0) is 25.1. The van der Waals surface area contributed by atoms with E-state index in [1.807, 2.05) is 6.92 Å². The molecule has 1 aliphatic rings. The van der Waals surface area contributed by atoms with Gasteiger partial charge in [-0.15, -0.1) is 0 Å². The number of esters is 1. The van der Waals surface area contributed by atoms with Crippen LogP contribution >= 0.6 is 0 Å². The quantitative estimate of drug-likeness (QED) is 0.507. The largest absolute Gasteiger partial charge is 0.469 e. The fourth-order valence-corrected chi connectivity index (χ4v) is 6.06. The number of carbonyl (C=O) groups excluding carboxylic acids is 2. The molecule has 10 nitrogen and oxygen atoms in total. The van der Waals surface area contributed by atoms with E-state index in [1.54, 1.807) is 31.2 Å². The van der Waals surface area contributed by atoms with Gasteiger partial charge in [0.1, 0.15) is 6.10 Å². The maximum Gasteiger partial charge on any atom is 0.424 e. The van der Waals surface area contributed by atoms with E-state index >= 15 is 0 Å². The number of hydrogen-bond donors (Lipinski definition) is 1. The molecule has 0 saturated carbocycles. The van der Waals surface area contributed by atoms with Crippen molar-refractivity contribution in [3.05, 3.63) is 59.7 Å². The number of methoxy groups -OCH3 is 1. The Balaban J connectivity index is 1.80. The van der Waals surface area contributed by atoms with E-state index in [0.29, 0.717) is 4.31 Å². The Morgan fingerprint density at radius 2 is 1.50 bits per heavy atom. The molecule has 3 rings (SSSR count). The van der Waals surface area contributed by atoms with Crippen molar-refractivity contribution in [1.82, 2.24) is 9.03 Å². The number of sulfonamides is 2. The van der Waals surface area contributed by atoms with E-state index in [-0.39, 0.29) is 22.8 Å². The van der Waals surface area contributed by atoms with E-state index in [1.165, 1.54) is 24.3 Å². The van der Waals surface area contributed by atoms with Crippen molar-refractivity contribution in [3.8, 4) is 0 Å². The summed E-state index contributed by atoms with van der Waals surface area (Å²) in [7, 11) is -7.02. The van der Waals surface area contributed by atoms with Gasteiger partial charge in [0.25, 0.3) is 10.0 Å². The zero-order valence-corrected chi connectivity index (χ0v) is 20.6. The normalized spacial score (nSPS) is 18.6. The zero-order valence-electron chi connectivity index (χ0n) is 18.9. The molecule has 0 aromatic heterocycles. The Morgan fingerprint density at radius 1 is 0.971 bits per heavy atom. The SMILES string of the molecule is COC(=O)C[C@@H]1[C@@H](CCNS(=O)(=O)c2ccc(C)cc2)OC(=O)N1S(=O)(=O)c1ccc(C)cc1. The molecular weight excluding hydrogens is 484 g/mol. The predicted octanol–water partition coefficient (Wildman–Crippen LogP) is 2.11. The first-order valence-electron chi connectivity index (χ1n) is 10.4. The molecule has 1 aliphatic heterocycles. The molecule has 1 amide bonds. The molecule has 12 heteroatoms. The number of benzene rings is 2. The smallest absolute Gasteiger partial charge is 0.424 e. The summed E-state index contributed by atoms with van der Waals surface area (Å²) in [5.74, 6) is -0.738. The predicted molar refractivity (Wildman–Crippen MR) is 122 cm³/mol. The topological polar surface area (TPSA) is 136 Å². The molecule has 1 saturated heterocycles. The lowest BCUT2D eigenvalue weighted by atomic mass is 10.1. The number of carbonyl (C=O) groups is 2. The van der Waals surface area contributed by atoms with Gasteiger partial charge in [-0.3, -0.25) is 4.79 Å². The second-order valence-electron chi connectivity index (χ2n) is 7.88. The van der Waals surface area contributed by atoms with Gasteiger partial charge < -0.3 is 9.47 Å². The van der Waals surface area contributed by atoms with Crippen LogP contribution in [-0.4, -0.2) is 59.0 Å². The third-order valence-corrected chi connectivity index (χ3v) is 8.68. The summed E-state index contributed by atoms with van der Waals surface area (Å²) < 4.78 is 64.3. The minimum absolute atomic E-state index is 0.0571. The third-order valence-electron chi connectivity index (χ3n) is 5.40. The number of nitrogens with one attached hydrogen (secondary N) is 1. The Labute approximate surface area is 199 Å². The van der Waals surface area contributed by atoms with Crippen LogP contribution in [0.4, 0.5) is 4.79 Å². The molecule has 0 aliphatic carbocycles. The number of cyclic esters (lactones) is 1. The number of rotatable bonds is 9. The van der Waals surface area contributed by atoms with E-state index in [4.69, 9.17) is 4.74 Å². The standard InChI is InChI=1S/C22H26N2O8S2/c1-15-4-8-17(9-5-15)33(27,28)23-13-12-20-19(14-21(25)31-3)24(22(26)32-20)34(29,30)18-10-6-16(2)7-11-18/h4-11,19-20,23H,12-14H2,1-3H3/t19-,20-/m1/s1. The molecule has 184 valence electrons. The van der Waals surface area contributed by atoms with Crippen molar-refractivity contribution in [2.24, 2.45) is 0 Å². The molecule has 1 heterocycles. The summed E-state index contributed by atoms with van der Waals surface area (Å²) in [6.07, 6.45) is -2.70. The summed E-state index contributed by atoms with van der Waals surface area (Å²) in [6.45, 7) is 3.47. The fraction of sp³-hybridized carbons (Fsp3) is 0.364. The number of amides is 1. The van der Waals surface area contributed by atoms with Crippen LogP contribution in [0.1, 0.15) is 24.0 Å². The van der Waals surface area contributed by atoms with Crippen LogP contribution in [0.25, 0.3) is 0 Å². The number of aryl methyl sites for hydroxylation is 2. The maximum absolute atomic E-state index is 13.2. The molecule has 1 fully saturated rings. The first kappa shape index (κ1) is 25.7. The van der Waals surface area contributed by atoms with Gasteiger partial charge in [-0.2, -0.15) is 4.31 Å². The fourth-order valence-electron chi connectivity index (χ4n) is 3.50. The van der Waals surface area contributed by atoms with Crippen LogP contribution in [0, 0.1) is 13.8 Å². The summed E-state index contributed by atoms with van der Waals surface area (Å²) in [6, 6.07) is 10.9. The average Bonchev–Trinajstić information content (AvgIpc) is 3.09. The highest BCUT2D eigenvalue weighted by atomic mass is 32.2. The lowest BCUT2D eigenvalue weighted by molar-refractivity contribution is -0.141. The van der Waals surface area contributed by atoms with Gasteiger partial charge in [-0.1, -0.05) is 35.4 Å². The molecule has 2 aromatic rings. The molecule has 0 bridgehead atoms. The van der Waals surface area contributed by atoms with Crippen molar-refractivity contribution < 1.29 is 35.9 Å². The molecule has 0 spiro atoms. The van der Waals surface area contributed by atoms with Crippen LogP contribution in [0.15, 0.2) is 58.3 Å². The lowest BCUT2D eigenvalue weighted by Gasteiger charge is -2.23. The Kier molecular flexibility index (Phi) is 7.64. The molecular formula is C22H26N2O8S2. The molecule has 0 unspecified atom stereocenters. The first-order chi connectivity index (χ1) is 16.0. The van der Waals surface area contributed by atoms with Crippen LogP contribution < -0.4 is 4.72 Å². The highest BCUT2D eigenvalue weighted by Gasteiger charge is 2.49. The number of hydrogen-bond acceptors (Lipinski definition) is 8. The van der Waals surface area contributed by atoms with Gasteiger partial charge in [0, 0.05) is 13.0 Å². The van der Waals surface area contributed by atoms with Crippen LogP contribution in [0.5, 0.6) is 0 Å². The molecule has 1 N–H and O–H groups in total. The summed E-state index contributed by atoms with van der Waals surface area (Å²) in [4.78, 5) is 24.5. The van der Waals surface area contributed by atoms with Crippen molar-refractivity contribution >= 4 is 32.1 Å². The average molecular weight is 511 g/mol. The Hall–Kier alpha value is -2.96. The van der Waals surface area contributed by atoms with Gasteiger partial charge in [0.05, 0.1) is 29.4 Å². The van der Waals surface area contributed by atoms with E-state index in [2.05, 4.69) is 9.46 Å². The van der Waals surface area contributed by atoms with Crippen molar-refractivity contribution in [2.75, 3.05) is 13.7 Å². The monoisotopic (exact) mass is 510 g/mol. The van der Waals surface area contributed by atoms with Gasteiger partial charge in [-0.05, 0) is 38.1 Å². The van der Waals surface area contributed by atoms with Gasteiger partial charge in [0.15, 0.2) is 0 Å². The minimum atomic E-state index is -4.33. The second-order valence-corrected chi connectivity index (χ2v) is 11.5. The minimum Gasteiger partial charge on any atom is -0.469 e. The number of ether oxygens (including phenoxy) is 2. The maximum atomic E-state index is 13.2. The molecule has 34 heavy (non-hydrogen) atoms. The van der Waals surface area contributed by atoms with E-state index in [0.717, 1.165) is 18.2 Å². The Bertz CT molecular complexity index is 1260. The van der Waals surface area contributed by atoms with Crippen LogP contribution in [-0.2, 0) is 34.3 Å².